The first-order valence-electron chi connectivity index (χ1n) is 6.78. The van der Waals surface area contributed by atoms with Crippen LogP contribution in [0.25, 0.3) is 11.4 Å². The summed E-state index contributed by atoms with van der Waals surface area (Å²) >= 11 is 0. The number of rotatable bonds is 1. The standard InChI is InChI=1S/C15H20N4/c1-15(2,3)18-9-10-19-13(11-18)16-17-14(19)12-7-5-4-6-8-12/h4-8H,9-11H2,1-3H3. The first-order valence-corrected chi connectivity index (χ1v) is 6.78. The van der Waals surface area contributed by atoms with Crippen LogP contribution in [0, 0.1) is 0 Å². The van der Waals surface area contributed by atoms with Gasteiger partial charge in [-0.3, -0.25) is 4.90 Å². The van der Waals surface area contributed by atoms with Crippen molar-refractivity contribution in [1.29, 1.82) is 0 Å². The van der Waals surface area contributed by atoms with E-state index in [2.05, 4.69) is 52.6 Å². The summed E-state index contributed by atoms with van der Waals surface area (Å²) in [5.41, 5.74) is 1.33. The van der Waals surface area contributed by atoms with Crippen LogP contribution in [0.4, 0.5) is 0 Å². The van der Waals surface area contributed by atoms with Gasteiger partial charge in [0.2, 0.25) is 0 Å². The lowest BCUT2D eigenvalue weighted by molar-refractivity contribution is 0.101. The molecule has 1 aliphatic rings. The molecule has 4 nitrogen and oxygen atoms in total. The minimum absolute atomic E-state index is 0.185. The molecule has 0 spiro atoms. The van der Waals surface area contributed by atoms with Crippen LogP contribution in [-0.4, -0.2) is 31.7 Å². The van der Waals surface area contributed by atoms with Crippen molar-refractivity contribution in [2.45, 2.75) is 39.4 Å². The van der Waals surface area contributed by atoms with Crippen LogP contribution in [0.3, 0.4) is 0 Å². The SMILES string of the molecule is CC(C)(C)N1CCn2c(nnc2-c2ccccc2)C1. The fourth-order valence-corrected chi connectivity index (χ4v) is 2.53. The Kier molecular flexibility index (Phi) is 2.90. The average molecular weight is 256 g/mol. The lowest BCUT2D eigenvalue weighted by Gasteiger charge is -2.38. The van der Waals surface area contributed by atoms with Crippen LogP contribution in [0.5, 0.6) is 0 Å². The number of aromatic nitrogens is 3. The summed E-state index contributed by atoms with van der Waals surface area (Å²) in [5.74, 6) is 2.06. The molecule has 0 fully saturated rings. The fourth-order valence-electron chi connectivity index (χ4n) is 2.53. The van der Waals surface area contributed by atoms with Gasteiger partial charge in [-0.05, 0) is 20.8 Å². The number of hydrogen-bond acceptors (Lipinski definition) is 3. The molecule has 19 heavy (non-hydrogen) atoms. The van der Waals surface area contributed by atoms with Crippen LogP contribution in [0.15, 0.2) is 30.3 Å². The molecule has 0 atom stereocenters. The summed E-state index contributed by atoms with van der Waals surface area (Å²) in [7, 11) is 0. The molecular formula is C15H20N4. The van der Waals surface area contributed by atoms with Gasteiger partial charge in [-0.1, -0.05) is 30.3 Å². The fraction of sp³-hybridized carbons (Fsp3) is 0.467. The Balaban J connectivity index is 1.93. The molecule has 100 valence electrons. The highest BCUT2D eigenvalue weighted by atomic mass is 15.3. The van der Waals surface area contributed by atoms with Gasteiger partial charge in [0.25, 0.3) is 0 Å². The molecule has 3 rings (SSSR count). The Morgan fingerprint density at radius 2 is 1.74 bits per heavy atom. The quantitative estimate of drug-likeness (QED) is 0.786. The van der Waals surface area contributed by atoms with E-state index in [9.17, 15) is 0 Å². The van der Waals surface area contributed by atoms with E-state index >= 15 is 0 Å². The molecule has 1 aliphatic heterocycles. The van der Waals surface area contributed by atoms with Crippen molar-refractivity contribution in [3.05, 3.63) is 36.2 Å². The van der Waals surface area contributed by atoms with Gasteiger partial charge in [0.05, 0.1) is 6.54 Å². The van der Waals surface area contributed by atoms with Crippen LogP contribution >= 0.6 is 0 Å². The van der Waals surface area contributed by atoms with E-state index < -0.39 is 0 Å². The number of benzene rings is 1. The first kappa shape index (κ1) is 12.4. The third-order valence-electron chi connectivity index (χ3n) is 3.73. The topological polar surface area (TPSA) is 34.0 Å². The zero-order valence-electron chi connectivity index (χ0n) is 11.8. The smallest absolute Gasteiger partial charge is 0.164 e. The van der Waals surface area contributed by atoms with Crippen molar-refractivity contribution in [1.82, 2.24) is 19.7 Å². The molecule has 0 saturated heterocycles. The van der Waals surface area contributed by atoms with Crippen molar-refractivity contribution in [3.63, 3.8) is 0 Å². The first-order chi connectivity index (χ1) is 9.05. The summed E-state index contributed by atoms with van der Waals surface area (Å²) in [6.45, 7) is 9.63. The highest BCUT2D eigenvalue weighted by Crippen LogP contribution is 2.24. The molecule has 2 aromatic rings. The summed E-state index contributed by atoms with van der Waals surface area (Å²) in [6, 6.07) is 10.3. The summed E-state index contributed by atoms with van der Waals surface area (Å²) in [5, 5.41) is 8.74. The second kappa shape index (κ2) is 4.46. The van der Waals surface area contributed by atoms with E-state index in [4.69, 9.17) is 0 Å². The second-order valence-electron chi connectivity index (χ2n) is 6.05. The van der Waals surface area contributed by atoms with Gasteiger partial charge < -0.3 is 4.57 Å². The Bertz CT molecular complexity index is 566. The number of fused-ring (bicyclic) bond motifs is 1. The van der Waals surface area contributed by atoms with Gasteiger partial charge in [-0.2, -0.15) is 0 Å². The third-order valence-corrected chi connectivity index (χ3v) is 3.73. The maximum Gasteiger partial charge on any atom is 0.164 e. The zero-order chi connectivity index (χ0) is 13.5. The molecule has 0 amide bonds. The van der Waals surface area contributed by atoms with E-state index in [0.717, 1.165) is 36.8 Å². The lowest BCUT2D eigenvalue weighted by Crippen LogP contribution is -2.45. The largest absolute Gasteiger partial charge is 0.309 e. The predicted octanol–water partition coefficient (Wildman–Crippen LogP) is 2.56. The van der Waals surface area contributed by atoms with Crippen molar-refractivity contribution in [2.75, 3.05) is 6.54 Å². The molecule has 0 saturated carbocycles. The molecule has 0 N–H and O–H groups in total. The van der Waals surface area contributed by atoms with Gasteiger partial charge >= 0.3 is 0 Å². The molecule has 1 aromatic heterocycles. The molecule has 0 unspecified atom stereocenters. The molecular weight excluding hydrogens is 236 g/mol. The molecule has 2 heterocycles. The van der Waals surface area contributed by atoms with E-state index in [0.29, 0.717) is 0 Å². The minimum Gasteiger partial charge on any atom is -0.309 e. The lowest BCUT2D eigenvalue weighted by atomic mass is 10.1. The number of nitrogens with zero attached hydrogens (tertiary/aromatic N) is 4. The zero-order valence-corrected chi connectivity index (χ0v) is 11.8. The van der Waals surface area contributed by atoms with Crippen LogP contribution in [0.1, 0.15) is 26.6 Å². The van der Waals surface area contributed by atoms with Gasteiger partial charge in [0, 0.05) is 24.2 Å². The molecule has 0 radical (unpaired) electrons. The molecule has 1 aromatic carbocycles. The normalized spacial score (nSPS) is 16.4. The predicted molar refractivity (Wildman–Crippen MR) is 75.6 cm³/mol. The molecule has 0 aliphatic carbocycles. The minimum atomic E-state index is 0.185. The van der Waals surface area contributed by atoms with Crippen molar-refractivity contribution >= 4 is 0 Å². The van der Waals surface area contributed by atoms with Crippen molar-refractivity contribution in [3.8, 4) is 11.4 Å². The summed E-state index contributed by atoms with van der Waals surface area (Å²) in [6.07, 6.45) is 0. The van der Waals surface area contributed by atoms with E-state index in [1.54, 1.807) is 0 Å². The van der Waals surface area contributed by atoms with Gasteiger partial charge in [-0.25, -0.2) is 0 Å². The van der Waals surface area contributed by atoms with Gasteiger partial charge in [0.1, 0.15) is 5.82 Å². The maximum atomic E-state index is 4.37. The second-order valence-corrected chi connectivity index (χ2v) is 6.05. The monoisotopic (exact) mass is 256 g/mol. The number of hydrogen-bond donors (Lipinski definition) is 0. The van der Waals surface area contributed by atoms with E-state index in [1.807, 2.05) is 18.2 Å². The Labute approximate surface area is 114 Å². The summed E-state index contributed by atoms with van der Waals surface area (Å²) in [4.78, 5) is 2.45. The highest BCUT2D eigenvalue weighted by Gasteiger charge is 2.28. The maximum absolute atomic E-state index is 4.37. The molecule has 4 heteroatoms. The van der Waals surface area contributed by atoms with Crippen molar-refractivity contribution in [2.24, 2.45) is 0 Å². The Morgan fingerprint density at radius 1 is 1.00 bits per heavy atom. The average Bonchev–Trinajstić information content (AvgIpc) is 2.81. The van der Waals surface area contributed by atoms with Crippen LogP contribution in [0.2, 0.25) is 0 Å². The van der Waals surface area contributed by atoms with Gasteiger partial charge in [0.15, 0.2) is 5.82 Å². The highest BCUT2D eigenvalue weighted by molar-refractivity contribution is 5.55. The van der Waals surface area contributed by atoms with E-state index in [1.165, 1.54) is 0 Å². The summed E-state index contributed by atoms with van der Waals surface area (Å²) < 4.78 is 2.25. The molecule has 0 bridgehead atoms. The van der Waals surface area contributed by atoms with Gasteiger partial charge in [-0.15, -0.1) is 10.2 Å². The van der Waals surface area contributed by atoms with E-state index in [-0.39, 0.29) is 5.54 Å². The van der Waals surface area contributed by atoms with Crippen LogP contribution in [-0.2, 0) is 13.1 Å². The van der Waals surface area contributed by atoms with Crippen molar-refractivity contribution < 1.29 is 0 Å². The van der Waals surface area contributed by atoms with Crippen LogP contribution < -0.4 is 0 Å². The Hall–Kier alpha value is -1.68. The third kappa shape index (κ3) is 2.28. The Morgan fingerprint density at radius 3 is 2.42 bits per heavy atom.